The highest BCUT2D eigenvalue weighted by molar-refractivity contribution is 7.84. The van der Waals surface area contributed by atoms with E-state index >= 15 is 0 Å². The van der Waals surface area contributed by atoms with Crippen LogP contribution in [0.2, 0.25) is 0 Å². The maximum atomic E-state index is 11.9. The van der Waals surface area contributed by atoms with Crippen molar-refractivity contribution in [3.63, 3.8) is 0 Å². The van der Waals surface area contributed by atoms with Crippen molar-refractivity contribution < 1.29 is 13.1 Å². The van der Waals surface area contributed by atoms with Gasteiger partial charge in [-0.2, -0.15) is 4.98 Å². The van der Waals surface area contributed by atoms with Crippen molar-refractivity contribution in [3.05, 3.63) is 29.8 Å². The van der Waals surface area contributed by atoms with Crippen LogP contribution in [0.5, 0.6) is 0 Å². The average Bonchev–Trinajstić information content (AvgIpc) is 2.86. The molecule has 16 heavy (non-hydrogen) atoms. The molecule has 0 aromatic carbocycles. The molecule has 0 aliphatic carbocycles. The molecule has 2 rings (SSSR count). The molecule has 6 heteroatoms. The van der Waals surface area contributed by atoms with E-state index in [-0.39, 0.29) is 5.75 Å². The van der Waals surface area contributed by atoms with Gasteiger partial charge in [-0.05, 0) is 13.0 Å². The summed E-state index contributed by atoms with van der Waals surface area (Å²) >= 11 is 0. The Kier molecular flexibility index (Phi) is 3.19. The summed E-state index contributed by atoms with van der Waals surface area (Å²) in [5, 5.41) is 3.76. The van der Waals surface area contributed by atoms with Crippen LogP contribution in [0.25, 0.3) is 0 Å². The molecule has 0 aliphatic heterocycles. The van der Waals surface area contributed by atoms with Crippen LogP contribution in [0, 0.1) is 6.92 Å². The minimum absolute atomic E-state index is 0.254. The van der Waals surface area contributed by atoms with E-state index in [1.54, 1.807) is 13.0 Å². The highest BCUT2D eigenvalue weighted by Crippen LogP contribution is 2.16. The number of rotatable bonds is 4. The molecule has 0 fully saturated rings. The molecule has 0 bridgehead atoms. The normalized spacial score (nSPS) is 12.9. The van der Waals surface area contributed by atoms with Crippen molar-refractivity contribution in [2.24, 2.45) is 0 Å². The second-order valence-corrected chi connectivity index (χ2v) is 4.71. The monoisotopic (exact) mass is 240 g/mol. The van der Waals surface area contributed by atoms with Crippen LogP contribution in [0.3, 0.4) is 0 Å². The van der Waals surface area contributed by atoms with E-state index in [0.717, 1.165) is 0 Å². The zero-order valence-corrected chi connectivity index (χ0v) is 9.91. The van der Waals surface area contributed by atoms with E-state index in [0.29, 0.717) is 28.8 Å². The van der Waals surface area contributed by atoms with E-state index in [9.17, 15) is 4.21 Å². The molecular weight excluding hydrogens is 228 g/mol. The Balaban J connectivity index is 2.11. The third-order valence-corrected chi connectivity index (χ3v) is 3.56. The molecule has 0 spiro atoms. The van der Waals surface area contributed by atoms with Gasteiger partial charge in [0.1, 0.15) is 5.76 Å². The summed E-state index contributed by atoms with van der Waals surface area (Å²) in [4.78, 5) is 4.79. The SMILES string of the molecule is CCc1nc(CS(=O)c2ccoc2C)no1. The summed E-state index contributed by atoms with van der Waals surface area (Å²) in [5.41, 5.74) is 0. The van der Waals surface area contributed by atoms with E-state index in [1.165, 1.54) is 6.26 Å². The Hall–Kier alpha value is -1.43. The summed E-state index contributed by atoms with van der Waals surface area (Å²) in [6.07, 6.45) is 2.21. The standard InChI is InChI=1S/C10H12N2O3S/c1-3-10-11-9(12-15-10)6-16(13)8-4-5-14-7(8)2/h4-5H,3,6H2,1-2H3. The molecule has 1 unspecified atom stereocenters. The van der Waals surface area contributed by atoms with Crippen LogP contribution < -0.4 is 0 Å². The molecule has 0 N–H and O–H groups in total. The molecule has 0 radical (unpaired) electrons. The van der Waals surface area contributed by atoms with Crippen LogP contribution >= 0.6 is 0 Å². The van der Waals surface area contributed by atoms with Gasteiger partial charge in [-0.15, -0.1) is 0 Å². The van der Waals surface area contributed by atoms with Gasteiger partial charge in [0, 0.05) is 6.42 Å². The lowest BCUT2D eigenvalue weighted by Crippen LogP contribution is -1.98. The number of hydrogen-bond acceptors (Lipinski definition) is 5. The first kappa shape index (κ1) is 11.1. The first-order valence-corrected chi connectivity index (χ1v) is 6.26. The zero-order chi connectivity index (χ0) is 11.5. The maximum absolute atomic E-state index is 11.9. The van der Waals surface area contributed by atoms with E-state index < -0.39 is 10.8 Å². The number of nitrogens with zero attached hydrogens (tertiary/aromatic N) is 2. The van der Waals surface area contributed by atoms with Gasteiger partial charge in [-0.25, -0.2) is 0 Å². The lowest BCUT2D eigenvalue weighted by molar-refractivity contribution is 0.378. The highest BCUT2D eigenvalue weighted by Gasteiger charge is 2.14. The van der Waals surface area contributed by atoms with Gasteiger partial charge < -0.3 is 8.94 Å². The topological polar surface area (TPSA) is 69.1 Å². The van der Waals surface area contributed by atoms with Crippen molar-refractivity contribution in [2.45, 2.75) is 30.9 Å². The third kappa shape index (κ3) is 2.21. The predicted octanol–water partition coefficient (Wildman–Crippen LogP) is 1.84. The van der Waals surface area contributed by atoms with Gasteiger partial charge in [-0.3, -0.25) is 4.21 Å². The molecule has 0 aliphatic rings. The van der Waals surface area contributed by atoms with Gasteiger partial charge in [-0.1, -0.05) is 12.1 Å². The smallest absolute Gasteiger partial charge is 0.226 e. The average molecular weight is 240 g/mol. The van der Waals surface area contributed by atoms with Crippen LogP contribution in [0.1, 0.15) is 24.4 Å². The predicted molar refractivity (Wildman–Crippen MR) is 57.2 cm³/mol. The number of furan rings is 1. The number of hydrogen-bond donors (Lipinski definition) is 0. The molecule has 2 aromatic heterocycles. The Labute approximate surface area is 95.3 Å². The van der Waals surface area contributed by atoms with Crippen LogP contribution in [-0.2, 0) is 23.0 Å². The van der Waals surface area contributed by atoms with Gasteiger partial charge in [0.05, 0.1) is 27.7 Å². The first-order chi connectivity index (χ1) is 7.70. The lowest BCUT2D eigenvalue weighted by Gasteiger charge is -1.95. The van der Waals surface area contributed by atoms with Crippen molar-refractivity contribution in [3.8, 4) is 0 Å². The number of aryl methyl sites for hydroxylation is 2. The molecule has 2 aromatic rings. The van der Waals surface area contributed by atoms with E-state index in [1.807, 2.05) is 6.92 Å². The van der Waals surface area contributed by atoms with Crippen LogP contribution in [0.4, 0.5) is 0 Å². The highest BCUT2D eigenvalue weighted by atomic mass is 32.2. The minimum atomic E-state index is -1.18. The summed E-state index contributed by atoms with van der Waals surface area (Å²) < 4.78 is 22.0. The molecule has 0 saturated carbocycles. The van der Waals surface area contributed by atoms with Crippen molar-refractivity contribution in [2.75, 3.05) is 0 Å². The zero-order valence-electron chi connectivity index (χ0n) is 9.10. The quantitative estimate of drug-likeness (QED) is 0.815. The van der Waals surface area contributed by atoms with Crippen LogP contribution in [-0.4, -0.2) is 14.3 Å². The van der Waals surface area contributed by atoms with Gasteiger partial charge in [0.2, 0.25) is 5.89 Å². The molecule has 2 heterocycles. The summed E-state index contributed by atoms with van der Waals surface area (Å²) in [6, 6.07) is 1.70. The molecular formula is C10H12N2O3S. The second-order valence-electron chi connectivity index (χ2n) is 3.29. The fourth-order valence-electron chi connectivity index (χ4n) is 1.30. The van der Waals surface area contributed by atoms with Gasteiger partial charge in [0.25, 0.3) is 0 Å². The Morgan fingerprint density at radius 1 is 1.50 bits per heavy atom. The fourth-order valence-corrected chi connectivity index (χ4v) is 2.38. The van der Waals surface area contributed by atoms with Gasteiger partial charge in [0.15, 0.2) is 5.82 Å². The van der Waals surface area contributed by atoms with E-state index in [2.05, 4.69) is 10.1 Å². The van der Waals surface area contributed by atoms with Gasteiger partial charge >= 0.3 is 0 Å². The van der Waals surface area contributed by atoms with Crippen molar-refractivity contribution >= 4 is 10.8 Å². The summed E-state index contributed by atoms with van der Waals surface area (Å²) in [7, 11) is -1.18. The summed E-state index contributed by atoms with van der Waals surface area (Å²) in [5.74, 6) is 1.95. The Morgan fingerprint density at radius 2 is 2.31 bits per heavy atom. The van der Waals surface area contributed by atoms with E-state index in [4.69, 9.17) is 8.94 Å². The second kappa shape index (κ2) is 4.61. The fraction of sp³-hybridized carbons (Fsp3) is 0.400. The number of aromatic nitrogens is 2. The molecule has 5 nitrogen and oxygen atoms in total. The largest absolute Gasteiger partial charge is 0.468 e. The minimum Gasteiger partial charge on any atom is -0.468 e. The Morgan fingerprint density at radius 3 is 2.88 bits per heavy atom. The van der Waals surface area contributed by atoms with Crippen LogP contribution in [0.15, 0.2) is 26.2 Å². The maximum Gasteiger partial charge on any atom is 0.226 e. The third-order valence-electron chi connectivity index (χ3n) is 2.13. The lowest BCUT2D eigenvalue weighted by atomic mass is 10.5. The van der Waals surface area contributed by atoms with Crippen molar-refractivity contribution in [1.29, 1.82) is 0 Å². The molecule has 1 atom stereocenters. The molecule has 86 valence electrons. The molecule has 0 saturated heterocycles. The Bertz CT molecular complexity index is 504. The first-order valence-electron chi connectivity index (χ1n) is 4.94. The summed E-state index contributed by atoms with van der Waals surface area (Å²) in [6.45, 7) is 3.70. The molecule has 0 amide bonds. The van der Waals surface area contributed by atoms with Crippen molar-refractivity contribution in [1.82, 2.24) is 10.1 Å².